The molecule has 7 heteroatoms. The minimum atomic E-state index is -0.672. The fourth-order valence-corrected chi connectivity index (χ4v) is 2.41. The number of aromatic nitrogens is 3. The summed E-state index contributed by atoms with van der Waals surface area (Å²) in [5.41, 5.74) is 1.40. The zero-order valence-electron chi connectivity index (χ0n) is 9.40. The summed E-state index contributed by atoms with van der Waals surface area (Å²) in [5.74, 6) is 0. The van der Waals surface area contributed by atoms with Crippen LogP contribution in [-0.4, -0.2) is 43.6 Å². The van der Waals surface area contributed by atoms with Gasteiger partial charge in [-0.05, 0) is 6.07 Å². The van der Waals surface area contributed by atoms with E-state index in [-0.39, 0.29) is 12.8 Å². The third-order valence-corrected chi connectivity index (χ3v) is 3.42. The van der Waals surface area contributed by atoms with Crippen molar-refractivity contribution >= 4 is 22.6 Å². The molecule has 6 nitrogen and oxygen atoms in total. The predicted octanol–water partition coefficient (Wildman–Crippen LogP) is 0.725. The number of nitrogens with zero attached hydrogens (tertiary/aromatic N) is 3. The number of halogens is 1. The zero-order valence-corrected chi connectivity index (χ0v) is 10.2. The normalized spacial score (nSPS) is 28.1. The minimum absolute atomic E-state index is 0.202. The van der Waals surface area contributed by atoms with Gasteiger partial charge in [0.1, 0.15) is 17.8 Å². The molecule has 2 aromatic rings. The molecule has 0 radical (unpaired) electrons. The van der Waals surface area contributed by atoms with E-state index in [4.69, 9.17) is 21.4 Å². The zero-order chi connectivity index (χ0) is 12.7. The molecule has 0 aliphatic carbocycles. The van der Waals surface area contributed by atoms with Crippen molar-refractivity contribution in [2.24, 2.45) is 0 Å². The largest absolute Gasteiger partial charge is 0.394 e. The van der Waals surface area contributed by atoms with Gasteiger partial charge >= 0.3 is 0 Å². The van der Waals surface area contributed by atoms with E-state index in [0.29, 0.717) is 17.1 Å². The lowest BCUT2D eigenvalue weighted by Gasteiger charge is -2.13. The maximum atomic E-state index is 9.73. The first kappa shape index (κ1) is 11.9. The van der Waals surface area contributed by atoms with E-state index in [9.17, 15) is 5.11 Å². The van der Waals surface area contributed by atoms with Crippen LogP contribution in [0.15, 0.2) is 18.6 Å². The monoisotopic (exact) mass is 269 g/mol. The number of pyridine rings is 1. The van der Waals surface area contributed by atoms with Crippen molar-refractivity contribution in [3.63, 3.8) is 0 Å². The Bertz CT molecular complexity index is 574. The van der Waals surface area contributed by atoms with Gasteiger partial charge in [-0.1, -0.05) is 11.6 Å². The average Bonchev–Trinajstić information content (AvgIpc) is 2.93. The van der Waals surface area contributed by atoms with Crippen LogP contribution in [0.2, 0.25) is 5.15 Å². The molecule has 0 spiro atoms. The predicted molar refractivity (Wildman–Crippen MR) is 64.2 cm³/mol. The van der Waals surface area contributed by atoms with Gasteiger partial charge in [0, 0.05) is 12.6 Å². The second-order valence-corrected chi connectivity index (χ2v) is 4.59. The van der Waals surface area contributed by atoms with E-state index < -0.39 is 12.2 Å². The molecule has 1 aliphatic rings. The van der Waals surface area contributed by atoms with Gasteiger partial charge < -0.3 is 19.5 Å². The van der Waals surface area contributed by atoms with Gasteiger partial charge in [-0.15, -0.1) is 0 Å². The molecule has 0 aromatic carbocycles. The highest BCUT2D eigenvalue weighted by Gasteiger charge is 2.35. The smallest absolute Gasteiger partial charge is 0.156 e. The van der Waals surface area contributed by atoms with Crippen molar-refractivity contribution in [2.75, 3.05) is 6.61 Å². The summed E-state index contributed by atoms with van der Waals surface area (Å²) < 4.78 is 7.37. The van der Waals surface area contributed by atoms with Gasteiger partial charge in [0.25, 0.3) is 0 Å². The molecule has 3 atom stereocenters. The maximum Gasteiger partial charge on any atom is 0.156 e. The molecule has 3 rings (SSSR count). The number of aliphatic hydroxyl groups is 2. The molecule has 0 bridgehead atoms. The molecule has 1 aliphatic heterocycles. The van der Waals surface area contributed by atoms with Crippen molar-refractivity contribution in [3.8, 4) is 0 Å². The van der Waals surface area contributed by atoms with Crippen molar-refractivity contribution in [3.05, 3.63) is 23.7 Å². The third-order valence-electron chi connectivity index (χ3n) is 3.14. The van der Waals surface area contributed by atoms with Crippen LogP contribution >= 0.6 is 11.6 Å². The summed E-state index contributed by atoms with van der Waals surface area (Å²) in [5, 5.41) is 19.1. The molecule has 2 aromatic heterocycles. The molecule has 2 N–H and O–H groups in total. The first-order valence-electron chi connectivity index (χ1n) is 5.62. The molecule has 0 amide bonds. The molecule has 1 fully saturated rings. The van der Waals surface area contributed by atoms with E-state index in [1.54, 1.807) is 23.2 Å². The highest BCUT2D eigenvalue weighted by atomic mass is 35.5. The molecule has 96 valence electrons. The number of fused-ring (bicyclic) bond motifs is 1. The summed E-state index contributed by atoms with van der Waals surface area (Å²) in [6.07, 6.45) is 2.05. The fraction of sp³-hybridized carbons (Fsp3) is 0.455. The van der Waals surface area contributed by atoms with Crippen molar-refractivity contribution in [1.82, 2.24) is 14.5 Å². The van der Waals surface area contributed by atoms with Crippen LogP contribution in [-0.2, 0) is 4.74 Å². The summed E-state index contributed by atoms with van der Waals surface area (Å²) in [6, 6.07) is 1.79. The number of hydrogen-bond donors (Lipinski definition) is 2. The summed E-state index contributed by atoms with van der Waals surface area (Å²) in [6.45, 7) is -0.202. The molecule has 0 unspecified atom stereocenters. The Morgan fingerprint density at radius 1 is 1.50 bits per heavy atom. The fourth-order valence-electron chi connectivity index (χ4n) is 2.21. The summed E-state index contributed by atoms with van der Waals surface area (Å²) in [4.78, 5) is 8.14. The van der Waals surface area contributed by atoms with E-state index >= 15 is 0 Å². The van der Waals surface area contributed by atoms with Crippen LogP contribution in [0.1, 0.15) is 12.6 Å². The summed E-state index contributed by atoms with van der Waals surface area (Å²) >= 11 is 5.94. The summed E-state index contributed by atoms with van der Waals surface area (Å²) in [7, 11) is 0. The van der Waals surface area contributed by atoms with Crippen molar-refractivity contribution in [1.29, 1.82) is 0 Å². The second kappa shape index (κ2) is 4.47. The molecular weight excluding hydrogens is 258 g/mol. The average molecular weight is 270 g/mol. The third kappa shape index (κ3) is 1.78. The highest BCUT2D eigenvalue weighted by Crippen LogP contribution is 2.31. The first-order valence-corrected chi connectivity index (χ1v) is 6.00. The van der Waals surface area contributed by atoms with Gasteiger partial charge in [0.2, 0.25) is 0 Å². The van der Waals surface area contributed by atoms with Crippen molar-refractivity contribution in [2.45, 2.75) is 24.9 Å². The van der Waals surface area contributed by atoms with Gasteiger partial charge in [0.15, 0.2) is 5.15 Å². The lowest BCUT2D eigenvalue weighted by atomic mass is 10.2. The minimum Gasteiger partial charge on any atom is -0.394 e. The number of aliphatic hydroxyl groups excluding tert-OH is 2. The molecule has 3 heterocycles. The van der Waals surface area contributed by atoms with E-state index in [1.807, 2.05) is 0 Å². The van der Waals surface area contributed by atoms with Crippen LogP contribution < -0.4 is 0 Å². The molecule has 18 heavy (non-hydrogen) atoms. The Labute approximate surface area is 108 Å². The van der Waals surface area contributed by atoms with Gasteiger partial charge in [-0.25, -0.2) is 9.97 Å². The van der Waals surface area contributed by atoms with Crippen molar-refractivity contribution < 1.29 is 14.9 Å². The Hall–Kier alpha value is -1.21. The molecule has 0 saturated carbocycles. The van der Waals surface area contributed by atoms with Gasteiger partial charge in [-0.2, -0.15) is 0 Å². The van der Waals surface area contributed by atoms with Crippen LogP contribution in [0, 0.1) is 0 Å². The topological polar surface area (TPSA) is 80.4 Å². The van der Waals surface area contributed by atoms with E-state index in [2.05, 4.69) is 9.97 Å². The van der Waals surface area contributed by atoms with E-state index in [0.717, 1.165) is 5.52 Å². The lowest BCUT2D eigenvalue weighted by molar-refractivity contribution is -0.0430. The maximum absolute atomic E-state index is 9.73. The van der Waals surface area contributed by atoms with Crippen LogP contribution in [0.4, 0.5) is 0 Å². The Morgan fingerprint density at radius 3 is 3.06 bits per heavy atom. The Balaban J connectivity index is 1.99. The Kier molecular flexibility index (Phi) is 2.95. The SMILES string of the molecule is OC[C@H]1O[C@@H](n2cnc3c(Cl)nccc32)C[C@@H]1O. The van der Waals surface area contributed by atoms with Crippen LogP contribution in [0.25, 0.3) is 11.0 Å². The Morgan fingerprint density at radius 2 is 2.33 bits per heavy atom. The van der Waals surface area contributed by atoms with Gasteiger partial charge in [-0.3, -0.25) is 0 Å². The van der Waals surface area contributed by atoms with Crippen LogP contribution in [0.3, 0.4) is 0 Å². The van der Waals surface area contributed by atoms with Crippen LogP contribution in [0.5, 0.6) is 0 Å². The van der Waals surface area contributed by atoms with Gasteiger partial charge in [0.05, 0.1) is 24.6 Å². The quantitative estimate of drug-likeness (QED) is 0.786. The number of ether oxygens (including phenoxy) is 1. The highest BCUT2D eigenvalue weighted by molar-refractivity contribution is 6.33. The lowest BCUT2D eigenvalue weighted by Crippen LogP contribution is -2.24. The number of imidazole rings is 1. The first-order chi connectivity index (χ1) is 8.70. The molecular formula is C11H12ClN3O3. The number of hydrogen-bond acceptors (Lipinski definition) is 5. The standard InChI is InChI=1S/C11H12ClN3O3/c12-11-10-6(1-2-13-11)15(5-14-10)9-3-7(17)8(4-16)18-9/h1-2,5,7-9,16-17H,3-4H2/t7-,8+,9+/m0/s1. The van der Waals surface area contributed by atoms with E-state index in [1.165, 1.54) is 0 Å². The second-order valence-electron chi connectivity index (χ2n) is 4.24. The number of rotatable bonds is 2. The molecule has 1 saturated heterocycles.